The fraction of sp³-hybridized carbons (Fsp3) is 0.622. The number of fused-ring (bicyclic) bond motifs is 1. The molecular formula is C37H55N3O11. The number of rotatable bonds is 27. The largest absolute Gasteiger partial charge is 0.505 e. The van der Waals surface area contributed by atoms with Gasteiger partial charge in [0.1, 0.15) is 35.7 Å². The third-order valence-corrected chi connectivity index (χ3v) is 7.37. The highest BCUT2D eigenvalue weighted by molar-refractivity contribution is 5.74. The van der Waals surface area contributed by atoms with Crippen molar-refractivity contribution in [1.29, 1.82) is 0 Å². The van der Waals surface area contributed by atoms with Gasteiger partial charge in [0.05, 0.1) is 79.3 Å². The summed E-state index contributed by atoms with van der Waals surface area (Å²) in [6.07, 6.45) is 1.82. The second-order valence-corrected chi connectivity index (χ2v) is 12.6. The minimum absolute atomic E-state index is 0.117. The number of hydrogen-bond donors (Lipinski definition) is 1. The number of phenols is 1. The van der Waals surface area contributed by atoms with Gasteiger partial charge in [-0.05, 0) is 42.0 Å². The summed E-state index contributed by atoms with van der Waals surface area (Å²) in [4.78, 5) is 25.1. The molecule has 0 unspecified atom stereocenters. The van der Waals surface area contributed by atoms with Crippen LogP contribution in [0.2, 0.25) is 0 Å². The van der Waals surface area contributed by atoms with Crippen LogP contribution in [0.15, 0.2) is 36.4 Å². The van der Waals surface area contributed by atoms with E-state index in [-0.39, 0.29) is 49.3 Å². The molecule has 0 amide bonds. The monoisotopic (exact) mass is 717 g/mol. The van der Waals surface area contributed by atoms with E-state index in [4.69, 9.17) is 37.9 Å². The number of phenolic OH excluding ortho intramolecular Hbond substituents is 1. The fourth-order valence-electron chi connectivity index (χ4n) is 4.74. The summed E-state index contributed by atoms with van der Waals surface area (Å²) in [7, 11) is 0. The van der Waals surface area contributed by atoms with Crippen LogP contribution >= 0.6 is 0 Å². The van der Waals surface area contributed by atoms with Gasteiger partial charge in [-0.2, -0.15) is 0 Å². The first-order chi connectivity index (χ1) is 24.7. The van der Waals surface area contributed by atoms with Crippen molar-refractivity contribution < 1.29 is 52.6 Å². The van der Waals surface area contributed by atoms with Gasteiger partial charge in [-0.1, -0.05) is 45.9 Å². The van der Waals surface area contributed by atoms with Crippen LogP contribution in [-0.2, 0) is 59.3 Å². The summed E-state index contributed by atoms with van der Waals surface area (Å²) in [6, 6.07) is 11.3. The molecule has 0 saturated carbocycles. The number of aryl methyl sites for hydroxylation is 1. The van der Waals surface area contributed by atoms with Crippen LogP contribution in [-0.4, -0.2) is 125 Å². The molecule has 1 heterocycles. The van der Waals surface area contributed by atoms with Crippen LogP contribution < -0.4 is 0 Å². The summed E-state index contributed by atoms with van der Waals surface area (Å²) in [5, 5.41) is 20.2. The number of aromatic nitrogens is 3. The van der Waals surface area contributed by atoms with Gasteiger partial charge in [0.2, 0.25) is 0 Å². The van der Waals surface area contributed by atoms with E-state index in [0.717, 1.165) is 28.6 Å². The number of benzene rings is 2. The third kappa shape index (κ3) is 16.5. The van der Waals surface area contributed by atoms with E-state index in [1.165, 1.54) is 4.80 Å². The number of aromatic hydroxyl groups is 1. The van der Waals surface area contributed by atoms with Crippen molar-refractivity contribution in [3.8, 4) is 11.4 Å². The van der Waals surface area contributed by atoms with E-state index in [0.29, 0.717) is 91.2 Å². The molecule has 3 aromatic rings. The van der Waals surface area contributed by atoms with Crippen LogP contribution in [0.25, 0.3) is 16.7 Å². The third-order valence-electron chi connectivity index (χ3n) is 7.37. The molecule has 0 aliphatic carbocycles. The van der Waals surface area contributed by atoms with Gasteiger partial charge in [0.15, 0.2) is 0 Å². The molecule has 51 heavy (non-hydrogen) atoms. The van der Waals surface area contributed by atoms with Crippen molar-refractivity contribution in [3.05, 3.63) is 47.5 Å². The highest BCUT2D eigenvalue weighted by Crippen LogP contribution is 2.36. The Morgan fingerprint density at radius 3 is 1.47 bits per heavy atom. The first-order valence-corrected chi connectivity index (χ1v) is 17.7. The summed E-state index contributed by atoms with van der Waals surface area (Å²) in [5.41, 5.74) is 3.20. The standard InChI is InChI=1S/C37H55N3O11/c1-5-8-34(41)50-25-23-48-21-19-46-17-15-44-13-14-45-16-18-47-20-22-49-24-26-51-35(42)12-11-29-27-30(37(2,3)4)36(43)33(28-29)40-38-31-9-6-7-10-32(31)39-40/h6-7,9-10,27-28,43H,5,8,11-26H2,1-4H3. The molecule has 1 N–H and O–H groups in total. The number of hydrogen-bond acceptors (Lipinski definition) is 13. The zero-order valence-corrected chi connectivity index (χ0v) is 30.6. The Kier molecular flexibility index (Phi) is 19.4. The Morgan fingerprint density at radius 1 is 0.647 bits per heavy atom. The Balaban J connectivity index is 1.15. The van der Waals surface area contributed by atoms with Crippen LogP contribution in [0.5, 0.6) is 5.75 Å². The maximum Gasteiger partial charge on any atom is 0.306 e. The highest BCUT2D eigenvalue weighted by atomic mass is 16.6. The molecule has 0 bridgehead atoms. The van der Waals surface area contributed by atoms with Crippen LogP contribution in [0.3, 0.4) is 0 Å². The average molecular weight is 718 g/mol. The van der Waals surface area contributed by atoms with Gasteiger partial charge < -0.3 is 43.0 Å². The predicted molar refractivity (Wildman–Crippen MR) is 189 cm³/mol. The van der Waals surface area contributed by atoms with Crippen molar-refractivity contribution in [3.63, 3.8) is 0 Å². The molecule has 2 aromatic carbocycles. The molecule has 284 valence electrons. The molecule has 0 aliphatic rings. The summed E-state index contributed by atoms with van der Waals surface area (Å²) >= 11 is 0. The molecule has 0 radical (unpaired) electrons. The zero-order chi connectivity index (χ0) is 36.7. The van der Waals surface area contributed by atoms with E-state index in [1.807, 2.05) is 64.1 Å². The molecule has 1 aromatic heterocycles. The first kappa shape index (κ1) is 41.8. The van der Waals surface area contributed by atoms with E-state index < -0.39 is 0 Å². The van der Waals surface area contributed by atoms with Crippen molar-refractivity contribution in [1.82, 2.24) is 15.0 Å². The van der Waals surface area contributed by atoms with Crippen LogP contribution in [0.1, 0.15) is 58.1 Å². The van der Waals surface area contributed by atoms with Gasteiger partial charge in [-0.15, -0.1) is 15.0 Å². The summed E-state index contributed by atoms with van der Waals surface area (Å²) in [6.45, 7) is 13.4. The highest BCUT2D eigenvalue weighted by Gasteiger charge is 2.23. The van der Waals surface area contributed by atoms with E-state index in [2.05, 4.69) is 10.2 Å². The smallest absolute Gasteiger partial charge is 0.306 e. The lowest BCUT2D eigenvalue weighted by atomic mass is 9.84. The Bertz CT molecular complexity index is 1410. The summed E-state index contributed by atoms with van der Waals surface area (Å²) in [5.74, 6) is -0.412. The number of carbonyl (C=O) groups is 2. The normalized spacial score (nSPS) is 11.7. The SMILES string of the molecule is CCCC(=O)OCCOCCOCCOCCOCCOCCOCCOC(=O)CCc1cc(-n2nc3ccccc3n2)c(O)c(C(C)(C)C)c1. The molecule has 14 nitrogen and oxygen atoms in total. The van der Waals surface area contributed by atoms with Gasteiger partial charge in [-0.25, -0.2) is 0 Å². The number of carbonyl (C=O) groups excluding carboxylic acids is 2. The molecule has 0 fully saturated rings. The molecule has 0 aliphatic heterocycles. The molecule has 3 rings (SSSR count). The second kappa shape index (κ2) is 23.7. The van der Waals surface area contributed by atoms with Gasteiger partial charge >= 0.3 is 11.9 Å². The van der Waals surface area contributed by atoms with Crippen molar-refractivity contribution in [2.75, 3.05) is 92.5 Å². The lowest BCUT2D eigenvalue weighted by molar-refractivity contribution is -0.146. The van der Waals surface area contributed by atoms with Gasteiger partial charge in [0.25, 0.3) is 0 Å². The summed E-state index contributed by atoms with van der Waals surface area (Å²) < 4.78 is 43.0. The molecule has 0 atom stereocenters. The number of esters is 2. The molecule has 0 spiro atoms. The second-order valence-electron chi connectivity index (χ2n) is 12.6. The fourth-order valence-corrected chi connectivity index (χ4v) is 4.74. The van der Waals surface area contributed by atoms with Crippen molar-refractivity contribution >= 4 is 23.0 Å². The maximum atomic E-state index is 12.4. The zero-order valence-electron chi connectivity index (χ0n) is 30.6. The van der Waals surface area contributed by atoms with E-state index in [1.54, 1.807) is 0 Å². The number of nitrogens with zero attached hydrogens (tertiary/aromatic N) is 3. The minimum Gasteiger partial charge on any atom is -0.505 e. The first-order valence-electron chi connectivity index (χ1n) is 17.7. The van der Waals surface area contributed by atoms with Crippen molar-refractivity contribution in [2.24, 2.45) is 0 Å². The average Bonchev–Trinajstić information content (AvgIpc) is 3.54. The van der Waals surface area contributed by atoms with Gasteiger partial charge in [0, 0.05) is 18.4 Å². The molecular weight excluding hydrogens is 662 g/mol. The quantitative estimate of drug-likeness (QED) is 0.0878. The number of ether oxygens (including phenoxy) is 8. The van der Waals surface area contributed by atoms with E-state index in [9.17, 15) is 14.7 Å². The Hall–Kier alpha value is -3.66. The maximum absolute atomic E-state index is 12.4. The topological polar surface area (TPSA) is 159 Å². The van der Waals surface area contributed by atoms with Gasteiger partial charge in [-0.3, -0.25) is 9.59 Å². The Morgan fingerprint density at radius 2 is 1.06 bits per heavy atom. The predicted octanol–water partition coefficient (Wildman–Crippen LogP) is 4.34. The molecule has 0 saturated heterocycles. The van der Waals surface area contributed by atoms with E-state index >= 15 is 0 Å². The minimum atomic E-state index is -0.338. The Labute approximate surface area is 300 Å². The van der Waals surface area contributed by atoms with Crippen LogP contribution in [0.4, 0.5) is 0 Å². The van der Waals surface area contributed by atoms with Crippen molar-refractivity contribution in [2.45, 2.75) is 58.8 Å². The lowest BCUT2D eigenvalue weighted by Crippen LogP contribution is -2.16. The molecule has 14 heteroatoms. The van der Waals surface area contributed by atoms with Crippen LogP contribution in [0, 0.1) is 0 Å². The lowest BCUT2D eigenvalue weighted by Gasteiger charge is -2.23.